The van der Waals surface area contributed by atoms with E-state index in [4.69, 9.17) is 17.3 Å². The van der Waals surface area contributed by atoms with Crippen molar-refractivity contribution in [3.63, 3.8) is 0 Å². The third-order valence-electron chi connectivity index (χ3n) is 4.24. The van der Waals surface area contributed by atoms with Gasteiger partial charge in [-0.15, -0.1) is 11.8 Å². The van der Waals surface area contributed by atoms with Crippen molar-refractivity contribution in [1.29, 1.82) is 0 Å². The minimum Gasteiger partial charge on any atom is -0.368 e. The van der Waals surface area contributed by atoms with Crippen LogP contribution in [0.25, 0.3) is 0 Å². The molecule has 0 bridgehead atoms. The molecule has 0 saturated carbocycles. The molecular formula is C20H23ClN2O2S. The molecule has 0 aliphatic carbocycles. The Kier molecular flexibility index (Phi) is 7.54. The Bertz CT molecular complexity index is 747. The van der Waals surface area contributed by atoms with Crippen LogP contribution < -0.4 is 11.1 Å². The van der Waals surface area contributed by atoms with E-state index in [0.29, 0.717) is 5.56 Å². The summed E-state index contributed by atoms with van der Waals surface area (Å²) in [5, 5.41) is 3.45. The third kappa shape index (κ3) is 5.78. The topological polar surface area (TPSA) is 72.2 Å². The maximum absolute atomic E-state index is 12.4. The van der Waals surface area contributed by atoms with E-state index in [1.54, 1.807) is 23.9 Å². The summed E-state index contributed by atoms with van der Waals surface area (Å²) in [6.07, 6.45) is 0.759. The number of benzene rings is 2. The Morgan fingerprint density at radius 1 is 1.12 bits per heavy atom. The molecule has 2 atom stereocenters. The molecule has 2 aromatic carbocycles. The van der Waals surface area contributed by atoms with Crippen LogP contribution in [0.4, 0.5) is 0 Å². The molecule has 26 heavy (non-hydrogen) atoms. The normalized spacial score (nSPS) is 13.0. The van der Waals surface area contributed by atoms with Gasteiger partial charge >= 0.3 is 0 Å². The van der Waals surface area contributed by atoms with Gasteiger partial charge in [-0.25, -0.2) is 0 Å². The van der Waals surface area contributed by atoms with E-state index >= 15 is 0 Å². The molecule has 0 spiro atoms. The highest BCUT2D eigenvalue weighted by molar-refractivity contribution is 7.98. The summed E-state index contributed by atoms with van der Waals surface area (Å²) in [7, 11) is 0. The maximum Gasteiger partial charge on any atom is 0.251 e. The fourth-order valence-electron chi connectivity index (χ4n) is 2.40. The van der Waals surface area contributed by atoms with Crippen molar-refractivity contribution in [2.75, 3.05) is 0 Å². The number of rotatable bonds is 8. The van der Waals surface area contributed by atoms with Crippen LogP contribution in [0.15, 0.2) is 53.4 Å². The number of carbonyl (C=O) groups is 2. The van der Waals surface area contributed by atoms with E-state index in [1.165, 1.54) is 0 Å². The van der Waals surface area contributed by atoms with Gasteiger partial charge in [-0.3, -0.25) is 9.59 Å². The van der Waals surface area contributed by atoms with E-state index < -0.39 is 11.9 Å². The first-order chi connectivity index (χ1) is 12.4. The summed E-state index contributed by atoms with van der Waals surface area (Å²) in [5.74, 6) is -0.0125. The second-order valence-electron chi connectivity index (χ2n) is 6.18. The number of amides is 2. The van der Waals surface area contributed by atoms with Gasteiger partial charge in [0.1, 0.15) is 6.04 Å². The molecule has 3 N–H and O–H groups in total. The summed E-state index contributed by atoms with van der Waals surface area (Å²) >= 11 is 7.58. The predicted molar refractivity (Wildman–Crippen MR) is 107 cm³/mol. The molecule has 0 aliphatic rings. The van der Waals surface area contributed by atoms with Crippen LogP contribution in [0.3, 0.4) is 0 Å². The van der Waals surface area contributed by atoms with Gasteiger partial charge in [-0.05, 0) is 47.9 Å². The zero-order valence-corrected chi connectivity index (χ0v) is 16.4. The number of nitrogens with one attached hydrogen (secondary N) is 1. The molecule has 2 aromatic rings. The average Bonchev–Trinajstić information content (AvgIpc) is 2.65. The number of halogens is 1. The van der Waals surface area contributed by atoms with E-state index in [9.17, 15) is 9.59 Å². The first-order valence-electron chi connectivity index (χ1n) is 8.48. The van der Waals surface area contributed by atoms with Crippen LogP contribution in [0.1, 0.15) is 36.2 Å². The molecule has 2 amide bonds. The van der Waals surface area contributed by atoms with Crippen LogP contribution in [-0.2, 0) is 10.5 Å². The molecule has 0 aromatic heterocycles. The largest absolute Gasteiger partial charge is 0.368 e. The Morgan fingerprint density at radius 3 is 2.27 bits per heavy atom. The van der Waals surface area contributed by atoms with Gasteiger partial charge in [0.15, 0.2) is 0 Å². The van der Waals surface area contributed by atoms with Crippen molar-refractivity contribution in [3.05, 3.63) is 64.7 Å². The molecule has 0 fully saturated rings. The molecule has 2 rings (SSSR count). The average molecular weight is 391 g/mol. The van der Waals surface area contributed by atoms with Gasteiger partial charge in [0.2, 0.25) is 5.91 Å². The molecule has 4 nitrogen and oxygen atoms in total. The molecular weight excluding hydrogens is 368 g/mol. The van der Waals surface area contributed by atoms with Crippen LogP contribution in [0.2, 0.25) is 5.02 Å². The molecule has 0 saturated heterocycles. The van der Waals surface area contributed by atoms with E-state index in [-0.39, 0.29) is 11.8 Å². The van der Waals surface area contributed by atoms with Crippen molar-refractivity contribution in [1.82, 2.24) is 5.32 Å². The predicted octanol–water partition coefficient (Wildman–Crippen LogP) is 4.26. The first kappa shape index (κ1) is 20.3. The molecule has 138 valence electrons. The molecule has 0 heterocycles. The van der Waals surface area contributed by atoms with Crippen LogP contribution in [0, 0.1) is 5.92 Å². The standard InChI is InChI=1S/C20H23ClN2O2S/c1-3-13(2)18(19(22)24)23-20(25)15-6-4-14(5-7-15)12-26-17-10-8-16(21)9-11-17/h4-11,13,18H,3,12H2,1-2H3,(H2,22,24)(H,23,25). The fraction of sp³-hybridized carbons (Fsp3) is 0.300. The zero-order chi connectivity index (χ0) is 19.1. The second-order valence-corrected chi connectivity index (χ2v) is 7.66. The minimum atomic E-state index is -0.660. The second kappa shape index (κ2) is 9.64. The lowest BCUT2D eigenvalue weighted by Gasteiger charge is -2.21. The van der Waals surface area contributed by atoms with Gasteiger partial charge in [-0.1, -0.05) is 44.0 Å². The Hall–Kier alpha value is -1.98. The summed E-state index contributed by atoms with van der Waals surface area (Å²) in [4.78, 5) is 25.1. The van der Waals surface area contributed by atoms with Gasteiger partial charge in [0.05, 0.1) is 0 Å². The number of primary amides is 1. The highest BCUT2D eigenvalue weighted by Gasteiger charge is 2.23. The van der Waals surface area contributed by atoms with Crippen molar-refractivity contribution in [2.45, 2.75) is 37.0 Å². The fourth-order valence-corrected chi connectivity index (χ4v) is 3.38. The number of nitrogens with two attached hydrogens (primary N) is 1. The van der Waals surface area contributed by atoms with Gasteiger partial charge in [-0.2, -0.15) is 0 Å². The van der Waals surface area contributed by atoms with Gasteiger partial charge in [0, 0.05) is 21.2 Å². The molecule has 6 heteroatoms. The van der Waals surface area contributed by atoms with Crippen LogP contribution in [0.5, 0.6) is 0 Å². The van der Waals surface area contributed by atoms with Crippen molar-refractivity contribution in [2.24, 2.45) is 11.7 Å². The lowest BCUT2D eigenvalue weighted by Crippen LogP contribution is -2.48. The van der Waals surface area contributed by atoms with Crippen molar-refractivity contribution < 1.29 is 9.59 Å². The monoisotopic (exact) mass is 390 g/mol. The van der Waals surface area contributed by atoms with E-state index in [0.717, 1.165) is 27.7 Å². The molecule has 2 unspecified atom stereocenters. The number of hydrogen-bond acceptors (Lipinski definition) is 3. The van der Waals surface area contributed by atoms with E-state index in [2.05, 4.69) is 5.32 Å². The summed E-state index contributed by atoms with van der Waals surface area (Å²) in [5.41, 5.74) is 7.02. The van der Waals surface area contributed by atoms with Crippen LogP contribution >= 0.6 is 23.4 Å². The molecule has 0 aliphatic heterocycles. The third-order valence-corrected chi connectivity index (χ3v) is 5.58. The van der Waals surface area contributed by atoms with E-state index in [1.807, 2.05) is 50.2 Å². The summed E-state index contributed by atoms with van der Waals surface area (Å²) < 4.78 is 0. The highest BCUT2D eigenvalue weighted by Crippen LogP contribution is 2.24. The van der Waals surface area contributed by atoms with Gasteiger partial charge < -0.3 is 11.1 Å². The Morgan fingerprint density at radius 2 is 1.73 bits per heavy atom. The lowest BCUT2D eigenvalue weighted by atomic mass is 9.98. The number of carbonyl (C=O) groups excluding carboxylic acids is 2. The summed E-state index contributed by atoms with van der Waals surface area (Å²) in [6.45, 7) is 3.85. The first-order valence-corrected chi connectivity index (χ1v) is 9.84. The van der Waals surface area contributed by atoms with Crippen molar-refractivity contribution >= 4 is 35.2 Å². The smallest absolute Gasteiger partial charge is 0.251 e. The highest BCUT2D eigenvalue weighted by atomic mass is 35.5. The maximum atomic E-state index is 12.4. The zero-order valence-electron chi connectivity index (χ0n) is 14.9. The Labute approximate surface area is 163 Å². The number of hydrogen-bond donors (Lipinski definition) is 2. The van der Waals surface area contributed by atoms with Gasteiger partial charge in [0.25, 0.3) is 5.91 Å². The number of thioether (sulfide) groups is 1. The summed E-state index contributed by atoms with van der Waals surface area (Å²) in [6, 6.07) is 14.4. The molecule has 0 radical (unpaired) electrons. The lowest BCUT2D eigenvalue weighted by molar-refractivity contribution is -0.120. The quantitative estimate of drug-likeness (QED) is 0.661. The Balaban J connectivity index is 1.96. The minimum absolute atomic E-state index is 0.00787. The van der Waals surface area contributed by atoms with Crippen molar-refractivity contribution in [3.8, 4) is 0 Å². The SMILES string of the molecule is CCC(C)C(NC(=O)c1ccc(CSc2ccc(Cl)cc2)cc1)C(N)=O. The van der Waals surface area contributed by atoms with Crippen LogP contribution in [-0.4, -0.2) is 17.9 Å².